The molecule has 0 spiro atoms. The highest BCUT2D eigenvalue weighted by atomic mass is 32.2. The molecule has 0 aliphatic carbocycles. The number of rotatable bonds is 8. The van der Waals surface area contributed by atoms with Crippen molar-refractivity contribution in [3.05, 3.63) is 47.5 Å². The Kier molecular flexibility index (Phi) is 9.46. The van der Waals surface area contributed by atoms with Crippen molar-refractivity contribution in [3.63, 3.8) is 0 Å². The number of carbonyl (C=O) groups is 3. The van der Waals surface area contributed by atoms with E-state index in [1.165, 1.54) is 6.20 Å². The fourth-order valence-electron chi connectivity index (χ4n) is 4.16. The van der Waals surface area contributed by atoms with E-state index in [1.807, 2.05) is 0 Å². The third-order valence-electron chi connectivity index (χ3n) is 5.86. The second-order valence-electron chi connectivity index (χ2n) is 8.97. The first-order chi connectivity index (χ1) is 20.4. The SMILES string of the molecule is CC(=O)OC[C@H]1O[C@H](Sc2cc(O)c(C#N)nn2)[C@H](OC(C)=O)[C@@H](n2cc(-c3cc(F)c(F)c(F)c3)nn2)[C@H]1OC(C)=O. The molecular formula is C25H21F3N6O8S. The van der Waals surface area contributed by atoms with Crippen LogP contribution >= 0.6 is 11.8 Å². The molecule has 3 heterocycles. The number of ether oxygens (including phenoxy) is 4. The van der Waals surface area contributed by atoms with Crippen LogP contribution in [-0.4, -0.2) is 78.6 Å². The molecule has 14 nitrogen and oxygen atoms in total. The number of carbonyl (C=O) groups excluding carboxylic acids is 3. The van der Waals surface area contributed by atoms with Crippen molar-refractivity contribution < 1.29 is 51.6 Å². The minimum Gasteiger partial charge on any atom is -0.505 e. The summed E-state index contributed by atoms with van der Waals surface area (Å²) in [5, 5.41) is 34.5. The second kappa shape index (κ2) is 13.0. The van der Waals surface area contributed by atoms with Crippen molar-refractivity contribution in [3.8, 4) is 23.1 Å². The van der Waals surface area contributed by atoms with Gasteiger partial charge in [-0.3, -0.25) is 14.4 Å². The van der Waals surface area contributed by atoms with Gasteiger partial charge in [0.15, 0.2) is 35.4 Å². The Morgan fingerprint density at radius 3 is 2.26 bits per heavy atom. The maximum absolute atomic E-state index is 13.9. The lowest BCUT2D eigenvalue weighted by Gasteiger charge is -2.44. The molecule has 0 unspecified atom stereocenters. The van der Waals surface area contributed by atoms with Gasteiger partial charge in [-0.2, -0.15) is 5.26 Å². The zero-order chi connectivity index (χ0) is 31.4. The van der Waals surface area contributed by atoms with Gasteiger partial charge in [0.2, 0.25) is 5.69 Å². The van der Waals surface area contributed by atoms with Crippen molar-refractivity contribution in [1.82, 2.24) is 25.2 Å². The van der Waals surface area contributed by atoms with E-state index in [2.05, 4.69) is 20.5 Å². The summed E-state index contributed by atoms with van der Waals surface area (Å²) in [6, 6.07) is 2.90. The molecule has 1 N–H and O–H groups in total. The van der Waals surface area contributed by atoms with Gasteiger partial charge >= 0.3 is 17.9 Å². The molecule has 0 saturated carbocycles. The maximum atomic E-state index is 13.9. The number of halogens is 3. The van der Waals surface area contributed by atoms with E-state index in [1.54, 1.807) is 6.07 Å². The van der Waals surface area contributed by atoms with E-state index in [9.17, 15) is 32.7 Å². The first kappa shape index (κ1) is 31.2. The van der Waals surface area contributed by atoms with Crippen LogP contribution in [0.25, 0.3) is 11.3 Å². The lowest BCUT2D eigenvalue weighted by atomic mass is 9.96. The topological polar surface area (TPSA) is 189 Å². The Morgan fingerprint density at radius 1 is 1.02 bits per heavy atom. The summed E-state index contributed by atoms with van der Waals surface area (Å²) in [7, 11) is 0. The molecule has 226 valence electrons. The van der Waals surface area contributed by atoms with Gasteiger partial charge in [0, 0.05) is 32.4 Å². The summed E-state index contributed by atoms with van der Waals surface area (Å²) in [6.45, 7) is 2.87. The van der Waals surface area contributed by atoms with Crippen LogP contribution < -0.4 is 0 Å². The van der Waals surface area contributed by atoms with Crippen LogP contribution in [0.15, 0.2) is 29.4 Å². The number of aromatic hydroxyl groups is 1. The van der Waals surface area contributed by atoms with E-state index in [0.717, 1.165) is 43.3 Å². The summed E-state index contributed by atoms with van der Waals surface area (Å²) < 4.78 is 64.8. The summed E-state index contributed by atoms with van der Waals surface area (Å²) in [5.41, 5.74) is -1.89. The number of hydrogen-bond acceptors (Lipinski definition) is 14. The molecule has 1 saturated heterocycles. The van der Waals surface area contributed by atoms with Crippen molar-refractivity contribution in [2.75, 3.05) is 6.61 Å². The third kappa shape index (κ3) is 7.18. The normalized spacial score (nSPS) is 21.5. The molecule has 5 atom stereocenters. The van der Waals surface area contributed by atoms with Crippen LogP contribution in [0.5, 0.6) is 5.75 Å². The molecule has 3 aromatic rings. The predicted molar refractivity (Wildman–Crippen MR) is 135 cm³/mol. The zero-order valence-electron chi connectivity index (χ0n) is 22.4. The highest BCUT2D eigenvalue weighted by Gasteiger charge is 2.52. The summed E-state index contributed by atoms with van der Waals surface area (Å²) in [5.74, 6) is -7.43. The minimum absolute atomic E-state index is 0.0196. The van der Waals surface area contributed by atoms with Crippen LogP contribution in [-0.2, 0) is 33.3 Å². The molecule has 0 radical (unpaired) electrons. The first-order valence-electron chi connectivity index (χ1n) is 12.2. The number of hydrogen-bond donors (Lipinski definition) is 1. The third-order valence-corrected chi connectivity index (χ3v) is 6.91. The quantitative estimate of drug-likeness (QED) is 0.219. The summed E-state index contributed by atoms with van der Waals surface area (Å²) in [6.07, 6.45) is -2.74. The van der Waals surface area contributed by atoms with Gasteiger partial charge in [-0.1, -0.05) is 17.0 Å². The Morgan fingerprint density at radius 2 is 1.67 bits per heavy atom. The summed E-state index contributed by atoms with van der Waals surface area (Å²) >= 11 is 0.788. The van der Waals surface area contributed by atoms with Gasteiger partial charge < -0.3 is 24.1 Å². The van der Waals surface area contributed by atoms with Crippen molar-refractivity contribution in [2.45, 2.75) is 55.6 Å². The van der Waals surface area contributed by atoms with Gasteiger partial charge in [-0.05, 0) is 12.1 Å². The molecule has 1 aliphatic rings. The predicted octanol–water partition coefficient (Wildman–Crippen LogP) is 2.21. The van der Waals surface area contributed by atoms with Crippen molar-refractivity contribution >= 4 is 29.7 Å². The number of nitriles is 1. The van der Waals surface area contributed by atoms with E-state index in [0.29, 0.717) is 12.1 Å². The van der Waals surface area contributed by atoms with E-state index in [4.69, 9.17) is 24.2 Å². The van der Waals surface area contributed by atoms with Crippen LogP contribution in [0.1, 0.15) is 32.5 Å². The van der Waals surface area contributed by atoms with Crippen molar-refractivity contribution in [2.24, 2.45) is 0 Å². The van der Waals surface area contributed by atoms with Gasteiger partial charge in [0.1, 0.15) is 41.0 Å². The minimum atomic E-state index is -1.68. The molecule has 1 aliphatic heterocycles. The van der Waals surface area contributed by atoms with Gasteiger partial charge in [0.25, 0.3) is 0 Å². The average molecular weight is 623 g/mol. The average Bonchev–Trinajstić information content (AvgIpc) is 3.41. The van der Waals surface area contributed by atoms with Gasteiger partial charge in [-0.25, -0.2) is 17.9 Å². The number of benzene rings is 1. The van der Waals surface area contributed by atoms with E-state index >= 15 is 0 Å². The molecule has 1 aromatic carbocycles. The molecule has 18 heteroatoms. The molecular weight excluding hydrogens is 601 g/mol. The van der Waals surface area contributed by atoms with E-state index in [-0.39, 0.29) is 22.0 Å². The standard InChI is InChI=1S/C25H21F3N6O8S/c1-10(35)39-9-19-23(40-11(2)36)22(34-8-17(31-33-34)13-4-14(26)21(28)15(27)5-13)24(41-12(3)37)25(42-19)43-20-6-18(38)16(7-29)30-32-20/h4-6,8,19,22-25H,9H2,1-3H3,(H,32,38)/t19-,22+,23+,24-,25-/m1/s1. The molecule has 0 bridgehead atoms. The van der Waals surface area contributed by atoms with Crippen molar-refractivity contribution in [1.29, 1.82) is 5.26 Å². The van der Waals surface area contributed by atoms with Gasteiger partial charge in [0.05, 0.1) is 6.20 Å². The number of thioether (sulfide) groups is 1. The fraction of sp³-hybridized carbons (Fsp3) is 0.360. The smallest absolute Gasteiger partial charge is 0.303 e. The lowest BCUT2D eigenvalue weighted by Crippen LogP contribution is -2.57. The molecule has 4 rings (SSSR count). The van der Waals surface area contributed by atoms with E-state index < -0.39 is 77.5 Å². The van der Waals surface area contributed by atoms with Gasteiger partial charge in [-0.15, -0.1) is 15.3 Å². The lowest BCUT2D eigenvalue weighted by molar-refractivity contribution is -0.212. The maximum Gasteiger partial charge on any atom is 0.303 e. The Hall–Kier alpha value is -4.76. The molecule has 2 aromatic heterocycles. The molecule has 43 heavy (non-hydrogen) atoms. The summed E-state index contributed by atoms with van der Waals surface area (Å²) in [4.78, 5) is 36.1. The van der Waals surface area contributed by atoms with Crippen LogP contribution in [0.2, 0.25) is 0 Å². The largest absolute Gasteiger partial charge is 0.505 e. The Bertz CT molecular complexity index is 1580. The molecule has 0 amide bonds. The van der Waals surface area contributed by atoms with Crippen LogP contribution in [0.3, 0.4) is 0 Å². The highest BCUT2D eigenvalue weighted by molar-refractivity contribution is 7.99. The Labute approximate surface area is 244 Å². The first-order valence-corrected chi connectivity index (χ1v) is 13.1. The highest BCUT2D eigenvalue weighted by Crippen LogP contribution is 2.41. The number of esters is 3. The fourth-order valence-corrected chi connectivity index (χ4v) is 5.21. The van der Waals surface area contributed by atoms with Crippen LogP contribution in [0, 0.1) is 28.8 Å². The number of aromatic nitrogens is 5. The zero-order valence-corrected chi connectivity index (χ0v) is 23.3. The molecule has 1 fully saturated rings. The monoisotopic (exact) mass is 622 g/mol. The van der Waals surface area contributed by atoms with Crippen LogP contribution in [0.4, 0.5) is 13.2 Å². The number of nitrogens with zero attached hydrogens (tertiary/aromatic N) is 6. The Balaban J connectivity index is 1.82. The second-order valence-corrected chi connectivity index (χ2v) is 10.1.